The van der Waals surface area contributed by atoms with Crippen molar-refractivity contribution in [1.82, 2.24) is 10.3 Å². The summed E-state index contributed by atoms with van der Waals surface area (Å²) < 4.78 is 10.0. The molecule has 1 aliphatic heterocycles. The molecule has 1 saturated heterocycles. The number of rotatable bonds is 5. The zero-order valence-electron chi connectivity index (χ0n) is 15.7. The summed E-state index contributed by atoms with van der Waals surface area (Å²) in [5, 5.41) is 17.9. The fourth-order valence-electron chi connectivity index (χ4n) is 4.28. The molecule has 0 spiro atoms. The van der Waals surface area contributed by atoms with Crippen LogP contribution >= 0.6 is 0 Å². The third-order valence-electron chi connectivity index (χ3n) is 5.73. The molecule has 5 atom stereocenters. The smallest absolute Gasteiger partial charge is 0.427 e. The first kappa shape index (κ1) is 18.3. The van der Waals surface area contributed by atoms with Crippen LogP contribution in [0.15, 0.2) is 23.3 Å². The minimum Gasteiger partial charge on any atom is -0.427 e. The van der Waals surface area contributed by atoms with Gasteiger partial charge in [0.15, 0.2) is 12.3 Å². The number of nitrogens with one attached hydrogen (secondary N) is 3. The van der Waals surface area contributed by atoms with Gasteiger partial charge in [0.25, 0.3) is 0 Å². The number of hydrogen-bond donors (Lipinski definition) is 3. The summed E-state index contributed by atoms with van der Waals surface area (Å²) in [5.74, 6) is 2.55. The van der Waals surface area contributed by atoms with Crippen LogP contribution in [0.5, 0.6) is 0 Å². The lowest BCUT2D eigenvalue weighted by atomic mass is 9.96. The van der Waals surface area contributed by atoms with Crippen LogP contribution in [0, 0.1) is 23.3 Å². The highest BCUT2D eigenvalue weighted by Gasteiger charge is 2.39. The third kappa shape index (κ3) is 4.11. The SMILES string of the molecule is CC1OC(=O)OC1CNc1ccc(NC(=NC2CC3CCC2C3)NC#N)cn1. The molecular weight excluding hydrogens is 360 g/mol. The molecule has 3 aliphatic rings. The molecule has 9 heteroatoms. The van der Waals surface area contributed by atoms with Crippen molar-refractivity contribution in [2.45, 2.75) is 50.9 Å². The number of carbonyl (C=O) groups excluding carboxylic acids is 1. The Morgan fingerprint density at radius 3 is 2.86 bits per heavy atom. The first-order chi connectivity index (χ1) is 13.6. The fraction of sp³-hybridized carbons (Fsp3) is 0.579. The maximum atomic E-state index is 11.1. The lowest BCUT2D eigenvalue weighted by molar-refractivity contribution is 0.118. The van der Waals surface area contributed by atoms with Gasteiger partial charge in [-0.3, -0.25) is 5.32 Å². The average Bonchev–Trinajstić information content (AvgIpc) is 3.37. The molecule has 0 amide bonds. The van der Waals surface area contributed by atoms with Gasteiger partial charge in [0.2, 0.25) is 5.96 Å². The predicted molar refractivity (Wildman–Crippen MR) is 103 cm³/mol. The van der Waals surface area contributed by atoms with E-state index in [-0.39, 0.29) is 18.2 Å². The van der Waals surface area contributed by atoms with Crippen molar-refractivity contribution in [2.24, 2.45) is 16.8 Å². The molecule has 3 N–H and O–H groups in total. The summed E-state index contributed by atoms with van der Waals surface area (Å²) >= 11 is 0. The summed E-state index contributed by atoms with van der Waals surface area (Å²) in [6.45, 7) is 2.20. The average molecular weight is 384 g/mol. The Balaban J connectivity index is 1.33. The molecule has 148 valence electrons. The molecule has 9 nitrogen and oxygen atoms in total. The highest BCUT2D eigenvalue weighted by Crippen LogP contribution is 2.45. The number of carbonyl (C=O) groups is 1. The van der Waals surface area contributed by atoms with Crippen molar-refractivity contribution in [3.63, 3.8) is 0 Å². The van der Waals surface area contributed by atoms with E-state index in [1.54, 1.807) is 13.1 Å². The third-order valence-corrected chi connectivity index (χ3v) is 5.73. The van der Waals surface area contributed by atoms with Crippen molar-refractivity contribution in [2.75, 3.05) is 17.2 Å². The van der Waals surface area contributed by atoms with E-state index in [1.807, 2.05) is 18.3 Å². The van der Waals surface area contributed by atoms with Crippen molar-refractivity contribution < 1.29 is 14.3 Å². The van der Waals surface area contributed by atoms with Gasteiger partial charge in [-0.25, -0.2) is 14.8 Å². The number of anilines is 2. The molecule has 0 radical (unpaired) electrons. The number of cyclic esters (lactones) is 2. The number of hydrogen-bond acceptors (Lipinski definition) is 7. The molecule has 0 aromatic carbocycles. The van der Waals surface area contributed by atoms with E-state index >= 15 is 0 Å². The Hall–Kier alpha value is -3.02. The molecule has 5 unspecified atom stereocenters. The number of nitriles is 1. The van der Waals surface area contributed by atoms with Crippen LogP contribution < -0.4 is 16.0 Å². The Morgan fingerprint density at radius 1 is 1.36 bits per heavy atom. The van der Waals surface area contributed by atoms with Gasteiger partial charge in [0.05, 0.1) is 24.5 Å². The zero-order chi connectivity index (χ0) is 19.5. The number of ether oxygens (including phenoxy) is 2. The topological polar surface area (TPSA) is 121 Å². The molecule has 1 aromatic heterocycles. The Kier molecular flexibility index (Phi) is 5.19. The van der Waals surface area contributed by atoms with E-state index in [4.69, 9.17) is 19.7 Å². The number of aromatic nitrogens is 1. The summed E-state index contributed by atoms with van der Waals surface area (Å²) in [4.78, 5) is 20.2. The van der Waals surface area contributed by atoms with Crippen LogP contribution in [0.2, 0.25) is 0 Å². The Labute approximate surface area is 163 Å². The predicted octanol–water partition coefficient (Wildman–Crippen LogP) is 2.44. The monoisotopic (exact) mass is 384 g/mol. The van der Waals surface area contributed by atoms with Crippen molar-refractivity contribution in [1.29, 1.82) is 5.26 Å². The lowest BCUT2D eigenvalue weighted by Gasteiger charge is -2.19. The highest BCUT2D eigenvalue weighted by molar-refractivity contribution is 5.94. The first-order valence-corrected chi connectivity index (χ1v) is 9.68. The van der Waals surface area contributed by atoms with Gasteiger partial charge < -0.3 is 20.1 Å². The Morgan fingerprint density at radius 2 is 2.25 bits per heavy atom. The molecule has 2 heterocycles. The number of aliphatic imine (C=N–C) groups is 1. The van der Waals surface area contributed by atoms with Gasteiger partial charge in [-0.1, -0.05) is 6.42 Å². The summed E-state index contributed by atoms with van der Waals surface area (Å²) in [6.07, 6.45) is 7.26. The summed E-state index contributed by atoms with van der Waals surface area (Å²) in [6, 6.07) is 3.95. The van der Waals surface area contributed by atoms with E-state index in [0.717, 1.165) is 18.0 Å². The molecular formula is C19H24N6O3. The number of guanidine groups is 1. The molecule has 4 rings (SSSR count). The second-order valence-corrected chi connectivity index (χ2v) is 7.62. The maximum absolute atomic E-state index is 11.1. The number of nitrogens with zero attached hydrogens (tertiary/aromatic N) is 3. The van der Waals surface area contributed by atoms with Crippen molar-refractivity contribution >= 4 is 23.6 Å². The van der Waals surface area contributed by atoms with Gasteiger partial charge in [-0.05, 0) is 50.2 Å². The molecule has 2 aliphatic carbocycles. The second kappa shape index (κ2) is 7.92. The van der Waals surface area contributed by atoms with Gasteiger partial charge in [0.1, 0.15) is 11.9 Å². The summed E-state index contributed by atoms with van der Waals surface area (Å²) in [5.41, 5.74) is 0.735. The molecule has 2 saturated carbocycles. The standard InChI is InChI=1S/C19H24N6O3/c1-11-16(28-19(26)27-11)9-22-17-5-4-14(8-21-17)24-18(23-10-20)25-15-7-12-2-3-13(15)6-12/h4-5,8,11-13,15-16H,2-3,6-7,9H2,1H3,(H,21,22)(H2,23,24,25). The van der Waals surface area contributed by atoms with E-state index in [1.165, 1.54) is 19.3 Å². The highest BCUT2D eigenvalue weighted by atomic mass is 16.8. The second-order valence-electron chi connectivity index (χ2n) is 7.62. The van der Waals surface area contributed by atoms with E-state index in [2.05, 4.69) is 20.9 Å². The minimum absolute atomic E-state index is 0.286. The van der Waals surface area contributed by atoms with Crippen LogP contribution in [0.1, 0.15) is 32.6 Å². The fourth-order valence-corrected chi connectivity index (χ4v) is 4.28. The molecule has 3 fully saturated rings. The normalized spacial score (nSPS) is 31.1. The van der Waals surface area contributed by atoms with Crippen LogP contribution in [-0.2, 0) is 9.47 Å². The molecule has 28 heavy (non-hydrogen) atoms. The maximum Gasteiger partial charge on any atom is 0.509 e. The van der Waals surface area contributed by atoms with Crippen LogP contribution in [-0.4, -0.2) is 41.9 Å². The van der Waals surface area contributed by atoms with Crippen LogP contribution in [0.4, 0.5) is 16.3 Å². The molecule has 2 bridgehead atoms. The van der Waals surface area contributed by atoms with E-state index in [0.29, 0.717) is 24.2 Å². The van der Waals surface area contributed by atoms with Crippen molar-refractivity contribution in [3.05, 3.63) is 18.3 Å². The quantitative estimate of drug-likeness (QED) is 0.233. The van der Waals surface area contributed by atoms with Gasteiger partial charge in [-0.2, -0.15) is 5.26 Å². The lowest BCUT2D eigenvalue weighted by Crippen LogP contribution is -2.30. The first-order valence-electron chi connectivity index (χ1n) is 9.68. The van der Waals surface area contributed by atoms with Crippen LogP contribution in [0.3, 0.4) is 0 Å². The largest absolute Gasteiger partial charge is 0.509 e. The number of fused-ring (bicyclic) bond motifs is 2. The number of pyridine rings is 1. The van der Waals surface area contributed by atoms with E-state index < -0.39 is 6.16 Å². The Bertz CT molecular complexity index is 790. The van der Waals surface area contributed by atoms with Gasteiger partial charge in [0, 0.05) is 0 Å². The van der Waals surface area contributed by atoms with Gasteiger partial charge >= 0.3 is 6.16 Å². The molecule has 1 aromatic rings. The van der Waals surface area contributed by atoms with Gasteiger partial charge in [-0.15, -0.1) is 0 Å². The van der Waals surface area contributed by atoms with E-state index in [9.17, 15) is 4.79 Å². The minimum atomic E-state index is -0.640. The zero-order valence-corrected chi connectivity index (χ0v) is 15.7. The summed E-state index contributed by atoms with van der Waals surface area (Å²) in [7, 11) is 0. The van der Waals surface area contributed by atoms with Crippen LogP contribution in [0.25, 0.3) is 0 Å². The van der Waals surface area contributed by atoms with Crippen molar-refractivity contribution in [3.8, 4) is 6.19 Å².